The number of esters is 1. The summed E-state index contributed by atoms with van der Waals surface area (Å²) in [5.74, 6) is -2.47. The van der Waals surface area contributed by atoms with Crippen LogP contribution in [-0.2, 0) is 27.2 Å². The van der Waals surface area contributed by atoms with Crippen molar-refractivity contribution in [2.24, 2.45) is 5.10 Å². The third-order valence-electron chi connectivity index (χ3n) is 5.51. The molecular weight excluding hydrogens is 444 g/mol. The first-order chi connectivity index (χ1) is 15.9. The van der Waals surface area contributed by atoms with Crippen molar-refractivity contribution in [1.29, 1.82) is 0 Å². The number of rotatable bonds is 7. The van der Waals surface area contributed by atoms with Gasteiger partial charge in [-0.1, -0.05) is 0 Å². The summed E-state index contributed by atoms with van der Waals surface area (Å²) < 4.78 is 4.87. The number of hydrogen-bond acceptors (Lipinski definition) is 8. The number of amides is 2. The van der Waals surface area contributed by atoms with Gasteiger partial charge in [-0.3, -0.25) is 9.59 Å². The number of methoxy groups -OCH3 is 1. The van der Waals surface area contributed by atoms with E-state index < -0.39 is 17.8 Å². The smallest absolute Gasteiger partial charge is 0.341 e. The Morgan fingerprint density at radius 3 is 2.58 bits per heavy atom. The molecule has 1 aromatic carbocycles. The fourth-order valence-corrected chi connectivity index (χ4v) is 5.04. The van der Waals surface area contributed by atoms with Gasteiger partial charge in [-0.2, -0.15) is 5.10 Å². The minimum absolute atomic E-state index is 0.00809. The molecule has 0 atom stereocenters. The lowest BCUT2D eigenvalue weighted by molar-refractivity contribution is -0.136. The zero-order valence-corrected chi connectivity index (χ0v) is 19.8. The molecule has 0 bridgehead atoms. The number of phenolic OH excluding ortho intramolecular Hbond substituents is 1. The van der Waals surface area contributed by atoms with Crippen molar-refractivity contribution in [3.8, 4) is 5.75 Å². The van der Waals surface area contributed by atoms with Crippen LogP contribution in [0, 0.1) is 0 Å². The number of benzene rings is 1. The second kappa shape index (κ2) is 11.0. The Morgan fingerprint density at radius 1 is 1.18 bits per heavy atom. The molecule has 2 amide bonds. The first kappa shape index (κ1) is 24.2. The van der Waals surface area contributed by atoms with Crippen molar-refractivity contribution in [3.63, 3.8) is 0 Å². The number of carbonyl (C=O) groups is 3. The first-order valence-electron chi connectivity index (χ1n) is 10.8. The van der Waals surface area contributed by atoms with Crippen LogP contribution in [-0.4, -0.2) is 49.3 Å². The summed E-state index contributed by atoms with van der Waals surface area (Å²) in [5, 5.41) is 16.8. The van der Waals surface area contributed by atoms with Crippen molar-refractivity contribution in [1.82, 2.24) is 5.43 Å². The van der Waals surface area contributed by atoms with E-state index in [1.54, 1.807) is 12.1 Å². The average Bonchev–Trinajstić information content (AvgIpc) is 3.18. The minimum atomic E-state index is -0.993. The van der Waals surface area contributed by atoms with E-state index in [4.69, 9.17) is 4.74 Å². The van der Waals surface area contributed by atoms with Gasteiger partial charge in [0.1, 0.15) is 10.8 Å². The molecule has 176 valence electrons. The molecular formula is C23H28N4O5S. The van der Waals surface area contributed by atoms with Gasteiger partial charge in [-0.25, -0.2) is 10.2 Å². The number of phenols is 1. The van der Waals surface area contributed by atoms with Crippen LogP contribution in [0.3, 0.4) is 0 Å². The first-order valence-corrected chi connectivity index (χ1v) is 11.7. The standard InChI is InChI=1S/C23H28N4O5S/c1-4-27(5-2)15-11-10-14(17(28)12-15)13-24-26-21(30)20(29)25-22-19(23(31)32-3)16-8-6-7-9-18(16)33-22/h10-13,28H,4-9H2,1-3H3,(H,25,29)(H,26,30)/b24-13+. The van der Waals surface area contributed by atoms with E-state index in [1.165, 1.54) is 24.7 Å². The summed E-state index contributed by atoms with van der Waals surface area (Å²) in [7, 11) is 1.28. The molecule has 3 N–H and O–H groups in total. The third kappa shape index (κ3) is 5.51. The maximum absolute atomic E-state index is 12.4. The van der Waals surface area contributed by atoms with Crippen molar-refractivity contribution in [2.45, 2.75) is 39.5 Å². The third-order valence-corrected chi connectivity index (χ3v) is 6.71. The molecule has 0 fully saturated rings. The summed E-state index contributed by atoms with van der Waals surface area (Å²) in [6.45, 7) is 5.66. The largest absolute Gasteiger partial charge is 0.507 e. The number of anilines is 2. The molecule has 1 aliphatic rings. The number of nitrogens with zero attached hydrogens (tertiary/aromatic N) is 2. The molecule has 0 radical (unpaired) electrons. The average molecular weight is 473 g/mol. The molecule has 0 saturated heterocycles. The Morgan fingerprint density at radius 2 is 1.91 bits per heavy atom. The van der Waals surface area contributed by atoms with Crippen molar-refractivity contribution in [2.75, 3.05) is 30.4 Å². The molecule has 0 spiro atoms. The minimum Gasteiger partial charge on any atom is -0.507 e. The molecule has 1 heterocycles. The van der Waals surface area contributed by atoms with Crippen LogP contribution in [0.2, 0.25) is 0 Å². The van der Waals surface area contributed by atoms with Crippen LogP contribution in [0.5, 0.6) is 5.75 Å². The molecule has 2 aromatic rings. The van der Waals surface area contributed by atoms with Crippen LogP contribution in [0.4, 0.5) is 10.7 Å². The highest BCUT2D eigenvalue weighted by Crippen LogP contribution is 2.38. The normalized spacial score (nSPS) is 12.8. The number of aryl methyl sites for hydroxylation is 1. The Bertz CT molecular complexity index is 1080. The van der Waals surface area contributed by atoms with Crippen LogP contribution in [0.25, 0.3) is 0 Å². The summed E-state index contributed by atoms with van der Waals surface area (Å²) in [6, 6.07) is 5.14. The van der Waals surface area contributed by atoms with E-state index in [2.05, 4.69) is 20.7 Å². The molecule has 3 rings (SSSR count). The van der Waals surface area contributed by atoms with Crippen LogP contribution >= 0.6 is 11.3 Å². The molecule has 0 saturated carbocycles. The molecule has 10 heteroatoms. The van der Waals surface area contributed by atoms with Crippen LogP contribution < -0.4 is 15.6 Å². The van der Waals surface area contributed by atoms with Gasteiger partial charge in [0.05, 0.1) is 18.9 Å². The second-order valence-electron chi connectivity index (χ2n) is 7.48. The maximum Gasteiger partial charge on any atom is 0.341 e. The van der Waals surface area contributed by atoms with Gasteiger partial charge in [-0.05, 0) is 57.2 Å². The predicted octanol–water partition coefficient (Wildman–Crippen LogP) is 3.05. The number of aromatic hydroxyl groups is 1. The van der Waals surface area contributed by atoms with Gasteiger partial charge in [0.25, 0.3) is 0 Å². The summed E-state index contributed by atoms with van der Waals surface area (Å²) >= 11 is 1.29. The van der Waals surface area contributed by atoms with Crippen molar-refractivity contribution in [3.05, 3.63) is 39.8 Å². The zero-order valence-electron chi connectivity index (χ0n) is 18.9. The highest BCUT2D eigenvalue weighted by molar-refractivity contribution is 7.17. The van der Waals surface area contributed by atoms with E-state index in [0.29, 0.717) is 16.1 Å². The van der Waals surface area contributed by atoms with Gasteiger partial charge < -0.3 is 20.1 Å². The lowest BCUT2D eigenvalue weighted by Gasteiger charge is -2.21. The lowest BCUT2D eigenvalue weighted by Crippen LogP contribution is -2.32. The number of fused-ring (bicyclic) bond motifs is 1. The Kier molecular flexibility index (Phi) is 8.05. The molecule has 1 aliphatic carbocycles. The predicted molar refractivity (Wildman–Crippen MR) is 128 cm³/mol. The fraction of sp³-hybridized carbons (Fsp3) is 0.391. The number of hydrogen-bond donors (Lipinski definition) is 3. The zero-order chi connectivity index (χ0) is 24.0. The number of thiophene rings is 1. The monoisotopic (exact) mass is 472 g/mol. The molecule has 0 unspecified atom stereocenters. The number of carbonyl (C=O) groups excluding carboxylic acids is 3. The van der Waals surface area contributed by atoms with Gasteiger partial charge in [0.15, 0.2) is 0 Å². The Labute approximate surface area is 196 Å². The van der Waals surface area contributed by atoms with Crippen LogP contribution in [0.1, 0.15) is 53.1 Å². The number of hydrazone groups is 1. The van der Waals surface area contributed by atoms with Gasteiger partial charge >= 0.3 is 17.8 Å². The van der Waals surface area contributed by atoms with Crippen molar-refractivity contribution < 1.29 is 24.2 Å². The van der Waals surface area contributed by atoms with E-state index in [0.717, 1.165) is 54.9 Å². The topological polar surface area (TPSA) is 120 Å². The SMILES string of the molecule is CCN(CC)c1ccc(/C=N/NC(=O)C(=O)Nc2sc3c(c2C(=O)OC)CCCC3)c(O)c1. The molecule has 0 aliphatic heterocycles. The van der Waals surface area contributed by atoms with Crippen molar-refractivity contribution >= 4 is 46.0 Å². The Hall–Kier alpha value is -3.40. The highest BCUT2D eigenvalue weighted by atomic mass is 32.1. The molecule has 33 heavy (non-hydrogen) atoms. The fourth-order valence-electron chi connectivity index (χ4n) is 3.77. The van der Waals surface area contributed by atoms with E-state index in [-0.39, 0.29) is 5.75 Å². The molecule has 1 aromatic heterocycles. The second-order valence-corrected chi connectivity index (χ2v) is 8.58. The van der Waals surface area contributed by atoms with Gasteiger partial charge in [0.2, 0.25) is 0 Å². The van der Waals surface area contributed by atoms with E-state index in [1.807, 2.05) is 19.9 Å². The maximum atomic E-state index is 12.4. The molecule has 9 nitrogen and oxygen atoms in total. The van der Waals surface area contributed by atoms with Gasteiger partial charge in [-0.15, -0.1) is 11.3 Å². The summed E-state index contributed by atoms with van der Waals surface area (Å²) in [6.07, 6.45) is 4.79. The van der Waals surface area contributed by atoms with Crippen LogP contribution in [0.15, 0.2) is 23.3 Å². The van der Waals surface area contributed by atoms with E-state index >= 15 is 0 Å². The van der Waals surface area contributed by atoms with Gasteiger partial charge in [0, 0.05) is 35.3 Å². The summed E-state index contributed by atoms with van der Waals surface area (Å²) in [4.78, 5) is 40.0. The lowest BCUT2D eigenvalue weighted by atomic mass is 9.95. The number of nitrogens with one attached hydrogen (secondary N) is 2. The Balaban J connectivity index is 1.66. The van der Waals surface area contributed by atoms with E-state index in [9.17, 15) is 19.5 Å². The highest BCUT2D eigenvalue weighted by Gasteiger charge is 2.28. The number of ether oxygens (including phenoxy) is 1. The summed E-state index contributed by atoms with van der Waals surface area (Å²) in [5.41, 5.74) is 4.62. The quantitative estimate of drug-likeness (QED) is 0.247.